The molecule has 30 heavy (non-hydrogen) atoms. The van der Waals surface area contributed by atoms with E-state index in [0.29, 0.717) is 11.4 Å². The summed E-state index contributed by atoms with van der Waals surface area (Å²) in [6.07, 6.45) is 0. The molecule has 0 atom stereocenters. The van der Waals surface area contributed by atoms with Crippen molar-refractivity contribution in [1.29, 1.82) is 0 Å². The quantitative estimate of drug-likeness (QED) is 0.596. The van der Waals surface area contributed by atoms with E-state index in [1.165, 1.54) is 11.4 Å². The summed E-state index contributed by atoms with van der Waals surface area (Å²) in [6, 6.07) is 22.7. The number of nitrogens with zero attached hydrogens (tertiary/aromatic N) is 1. The van der Waals surface area contributed by atoms with Crippen LogP contribution in [0.1, 0.15) is 11.1 Å². The first kappa shape index (κ1) is 21.5. The molecule has 0 saturated heterocycles. The number of methoxy groups -OCH3 is 1. The van der Waals surface area contributed by atoms with Gasteiger partial charge in [-0.05, 0) is 36.8 Å². The highest BCUT2D eigenvalue weighted by Gasteiger charge is 2.27. The highest BCUT2D eigenvalue weighted by atomic mass is 32.2. The molecule has 3 aromatic carbocycles. The SMILES string of the molecule is COc1cccc(NC(=O)CN(Cc2ccccc2)S(=O)(=O)c2ccc(C)cc2)c1. The van der Waals surface area contributed by atoms with E-state index in [9.17, 15) is 13.2 Å². The van der Waals surface area contributed by atoms with Crippen molar-refractivity contribution in [2.24, 2.45) is 0 Å². The molecular formula is C23H24N2O4S. The van der Waals surface area contributed by atoms with E-state index in [4.69, 9.17) is 4.74 Å². The van der Waals surface area contributed by atoms with Crippen LogP contribution in [0.3, 0.4) is 0 Å². The van der Waals surface area contributed by atoms with Crippen molar-refractivity contribution < 1.29 is 17.9 Å². The van der Waals surface area contributed by atoms with Gasteiger partial charge in [0, 0.05) is 18.3 Å². The van der Waals surface area contributed by atoms with Crippen LogP contribution in [0, 0.1) is 6.92 Å². The molecule has 0 aliphatic rings. The molecule has 0 radical (unpaired) electrons. The Morgan fingerprint density at radius 1 is 0.967 bits per heavy atom. The van der Waals surface area contributed by atoms with Crippen molar-refractivity contribution >= 4 is 21.6 Å². The van der Waals surface area contributed by atoms with Crippen molar-refractivity contribution in [3.8, 4) is 5.75 Å². The number of anilines is 1. The Labute approximate surface area is 177 Å². The van der Waals surface area contributed by atoms with E-state index in [0.717, 1.165) is 11.1 Å². The molecule has 1 N–H and O–H groups in total. The average Bonchev–Trinajstić information content (AvgIpc) is 2.74. The standard InChI is InChI=1S/C23H24N2O4S/c1-18-11-13-22(14-12-18)30(27,28)25(16-19-7-4-3-5-8-19)17-23(26)24-20-9-6-10-21(15-20)29-2/h3-15H,16-17H2,1-2H3,(H,24,26). The number of carbonyl (C=O) groups is 1. The second-order valence-electron chi connectivity index (χ2n) is 6.85. The summed E-state index contributed by atoms with van der Waals surface area (Å²) in [5.74, 6) is 0.163. The molecule has 0 aromatic heterocycles. The predicted molar refractivity (Wildman–Crippen MR) is 117 cm³/mol. The van der Waals surface area contributed by atoms with Crippen molar-refractivity contribution in [1.82, 2.24) is 4.31 Å². The van der Waals surface area contributed by atoms with E-state index in [2.05, 4.69) is 5.32 Å². The first-order valence-corrected chi connectivity index (χ1v) is 10.9. The van der Waals surface area contributed by atoms with Gasteiger partial charge in [0.15, 0.2) is 0 Å². The topological polar surface area (TPSA) is 75.7 Å². The lowest BCUT2D eigenvalue weighted by Gasteiger charge is -2.22. The zero-order chi connectivity index (χ0) is 21.6. The fraction of sp³-hybridized carbons (Fsp3) is 0.174. The van der Waals surface area contributed by atoms with E-state index in [1.54, 1.807) is 48.5 Å². The smallest absolute Gasteiger partial charge is 0.243 e. The zero-order valence-electron chi connectivity index (χ0n) is 16.9. The van der Waals surface area contributed by atoms with Crippen molar-refractivity contribution in [2.45, 2.75) is 18.4 Å². The fourth-order valence-electron chi connectivity index (χ4n) is 2.93. The van der Waals surface area contributed by atoms with E-state index in [-0.39, 0.29) is 18.0 Å². The number of sulfonamides is 1. The van der Waals surface area contributed by atoms with E-state index in [1.807, 2.05) is 37.3 Å². The van der Waals surface area contributed by atoms with Crippen molar-refractivity contribution in [3.05, 3.63) is 90.0 Å². The molecule has 0 aliphatic carbocycles. The van der Waals surface area contributed by atoms with Crippen LogP contribution in [-0.4, -0.2) is 32.3 Å². The van der Waals surface area contributed by atoms with Crippen LogP contribution in [-0.2, 0) is 21.4 Å². The Balaban J connectivity index is 1.85. The third-order valence-electron chi connectivity index (χ3n) is 4.53. The second kappa shape index (κ2) is 9.56. The molecule has 0 bridgehead atoms. The highest BCUT2D eigenvalue weighted by Crippen LogP contribution is 2.20. The monoisotopic (exact) mass is 424 g/mol. The number of nitrogens with one attached hydrogen (secondary N) is 1. The summed E-state index contributed by atoms with van der Waals surface area (Å²) in [5, 5.41) is 2.74. The number of ether oxygens (including phenoxy) is 1. The zero-order valence-corrected chi connectivity index (χ0v) is 17.7. The van der Waals surface area contributed by atoms with Crippen LogP contribution < -0.4 is 10.1 Å². The lowest BCUT2D eigenvalue weighted by molar-refractivity contribution is -0.116. The predicted octanol–water partition coefficient (Wildman–Crippen LogP) is 3.83. The number of aryl methyl sites for hydroxylation is 1. The van der Waals surface area contributed by atoms with Gasteiger partial charge in [0.05, 0.1) is 18.6 Å². The van der Waals surface area contributed by atoms with Crippen molar-refractivity contribution in [2.75, 3.05) is 19.0 Å². The number of benzene rings is 3. The number of rotatable bonds is 8. The second-order valence-corrected chi connectivity index (χ2v) is 8.79. The molecule has 0 spiro atoms. The Morgan fingerprint density at radius 3 is 2.33 bits per heavy atom. The Hall–Kier alpha value is -3.16. The van der Waals surface area contributed by atoms with Gasteiger partial charge in [-0.2, -0.15) is 4.31 Å². The summed E-state index contributed by atoms with van der Waals surface area (Å²) < 4.78 is 32.9. The molecule has 6 nitrogen and oxygen atoms in total. The molecule has 156 valence electrons. The number of hydrogen-bond acceptors (Lipinski definition) is 4. The fourth-order valence-corrected chi connectivity index (χ4v) is 4.32. The normalized spacial score (nSPS) is 11.3. The van der Waals surface area contributed by atoms with Gasteiger partial charge in [0.25, 0.3) is 0 Å². The summed E-state index contributed by atoms with van der Waals surface area (Å²) in [5.41, 5.74) is 2.29. The molecule has 7 heteroatoms. The van der Waals surface area contributed by atoms with Crippen LogP contribution in [0.15, 0.2) is 83.8 Å². The maximum absolute atomic E-state index is 13.3. The molecule has 0 fully saturated rings. The largest absolute Gasteiger partial charge is 0.497 e. The van der Waals surface area contributed by atoms with Gasteiger partial charge in [-0.1, -0.05) is 54.1 Å². The lowest BCUT2D eigenvalue weighted by atomic mass is 10.2. The van der Waals surface area contributed by atoms with Crippen LogP contribution in [0.2, 0.25) is 0 Å². The Bertz CT molecular complexity index is 1100. The van der Waals surface area contributed by atoms with Gasteiger partial charge in [-0.3, -0.25) is 4.79 Å². The molecule has 1 amide bonds. The molecular weight excluding hydrogens is 400 g/mol. The highest BCUT2D eigenvalue weighted by molar-refractivity contribution is 7.89. The molecule has 0 saturated carbocycles. The molecule has 0 unspecified atom stereocenters. The van der Waals surface area contributed by atoms with Gasteiger partial charge in [-0.25, -0.2) is 8.42 Å². The van der Waals surface area contributed by atoms with Crippen LogP contribution in [0.25, 0.3) is 0 Å². The summed E-state index contributed by atoms with van der Waals surface area (Å²) in [7, 11) is -2.33. The summed E-state index contributed by atoms with van der Waals surface area (Å²) in [4.78, 5) is 12.8. The maximum atomic E-state index is 13.3. The van der Waals surface area contributed by atoms with Crippen LogP contribution in [0.5, 0.6) is 5.75 Å². The lowest BCUT2D eigenvalue weighted by Crippen LogP contribution is -2.37. The Morgan fingerprint density at radius 2 is 1.67 bits per heavy atom. The van der Waals surface area contributed by atoms with Crippen LogP contribution in [0.4, 0.5) is 5.69 Å². The summed E-state index contributed by atoms with van der Waals surface area (Å²) in [6.45, 7) is 1.66. The number of carbonyl (C=O) groups excluding carboxylic acids is 1. The van der Waals surface area contributed by atoms with Gasteiger partial charge < -0.3 is 10.1 Å². The number of amides is 1. The van der Waals surface area contributed by atoms with Gasteiger partial charge in [0.2, 0.25) is 15.9 Å². The van der Waals surface area contributed by atoms with Gasteiger partial charge in [-0.15, -0.1) is 0 Å². The first-order valence-electron chi connectivity index (χ1n) is 9.43. The average molecular weight is 425 g/mol. The molecule has 3 aromatic rings. The molecule has 3 rings (SSSR count). The maximum Gasteiger partial charge on any atom is 0.243 e. The van der Waals surface area contributed by atoms with E-state index >= 15 is 0 Å². The van der Waals surface area contributed by atoms with Crippen LogP contribution >= 0.6 is 0 Å². The minimum Gasteiger partial charge on any atom is -0.497 e. The third-order valence-corrected chi connectivity index (χ3v) is 6.34. The molecule has 0 heterocycles. The molecule has 0 aliphatic heterocycles. The minimum atomic E-state index is -3.87. The van der Waals surface area contributed by atoms with Crippen molar-refractivity contribution in [3.63, 3.8) is 0 Å². The first-order chi connectivity index (χ1) is 14.4. The Kier molecular flexibility index (Phi) is 6.87. The van der Waals surface area contributed by atoms with E-state index < -0.39 is 15.9 Å². The summed E-state index contributed by atoms with van der Waals surface area (Å²) >= 11 is 0. The third kappa shape index (κ3) is 5.46. The van der Waals surface area contributed by atoms with Gasteiger partial charge in [0.1, 0.15) is 5.75 Å². The minimum absolute atomic E-state index is 0.0859. The van der Waals surface area contributed by atoms with Gasteiger partial charge >= 0.3 is 0 Å². The number of hydrogen-bond donors (Lipinski definition) is 1.